The number of thiophene rings is 1. The molecule has 0 spiro atoms. The van der Waals surface area contributed by atoms with Crippen molar-refractivity contribution in [1.29, 1.82) is 0 Å². The number of esters is 1. The summed E-state index contributed by atoms with van der Waals surface area (Å²) < 4.78 is 6.62. The number of anilines is 1. The molecule has 2 heterocycles. The average Bonchev–Trinajstić information content (AvgIpc) is 3.26. The minimum absolute atomic E-state index is 0.141. The molecule has 140 valence electrons. The number of carbonyl (C=O) groups excluding carboxylic acids is 2. The molecule has 0 fully saturated rings. The maximum atomic E-state index is 12.3. The fraction of sp³-hybridized carbons (Fsp3) is 0.222. The van der Waals surface area contributed by atoms with Gasteiger partial charge < -0.3 is 10.1 Å². The van der Waals surface area contributed by atoms with Gasteiger partial charge in [0.2, 0.25) is 5.91 Å². The largest absolute Gasteiger partial charge is 0.465 e. The van der Waals surface area contributed by atoms with Gasteiger partial charge in [0.05, 0.1) is 18.4 Å². The van der Waals surface area contributed by atoms with E-state index >= 15 is 0 Å². The van der Waals surface area contributed by atoms with Crippen molar-refractivity contribution in [2.75, 3.05) is 18.2 Å². The molecule has 3 rings (SSSR count). The Balaban J connectivity index is 1.69. The number of rotatable bonds is 6. The van der Waals surface area contributed by atoms with Crippen LogP contribution in [0.5, 0.6) is 0 Å². The van der Waals surface area contributed by atoms with Gasteiger partial charge in [0, 0.05) is 5.69 Å². The van der Waals surface area contributed by atoms with Crippen molar-refractivity contribution in [2.24, 2.45) is 0 Å². The highest BCUT2D eigenvalue weighted by Gasteiger charge is 2.17. The topological polar surface area (TPSA) is 86.1 Å². The first-order chi connectivity index (χ1) is 13.0. The van der Waals surface area contributed by atoms with E-state index in [2.05, 4.69) is 15.5 Å². The van der Waals surface area contributed by atoms with Gasteiger partial charge in [-0.2, -0.15) is 0 Å². The summed E-state index contributed by atoms with van der Waals surface area (Å²) in [6.45, 7) is 3.89. The summed E-state index contributed by atoms with van der Waals surface area (Å²) in [5.74, 6) is 0.174. The van der Waals surface area contributed by atoms with E-state index in [0.29, 0.717) is 15.7 Å². The molecule has 0 atom stereocenters. The number of aryl methyl sites for hydroxylation is 2. The third kappa shape index (κ3) is 4.37. The molecule has 0 saturated heterocycles. The number of carbonyl (C=O) groups is 2. The molecule has 1 amide bonds. The van der Waals surface area contributed by atoms with Crippen LogP contribution in [-0.2, 0) is 9.53 Å². The highest BCUT2D eigenvalue weighted by atomic mass is 32.2. The van der Waals surface area contributed by atoms with Gasteiger partial charge in [0.25, 0.3) is 0 Å². The quantitative estimate of drug-likeness (QED) is 0.502. The Kier molecular flexibility index (Phi) is 5.92. The normalized spacial score (nSPS) is 10.6. The minimum Gasteiger partial charge on any atom is -0.465 e. The fourth-order valence-corrected chi connectivity index (χ4v) is 3.99. The molecule has 0 aliphatic carbocycles. The molecule has 0 unspecified atom stereocenters. The standard InChI is InChI=1S/C18H18N4O3S2/c1-11-4-6-13(7-5-11)22-12(2)20-21-18(22)27-10-15(23)19-16-14(8-9-26-16)17(24)25-3/h4-9H,10H2,1-3H3,(H,19,23). The van der Waals surface area contributed by atoms with Crippen LogP contribution in [0, 0.1) is 13.8 Å². The van der Waals surface area contributed by atoms with E-state index in [9.17, 15) is 9.59 Å². The molecule has 2 aromatic heterocycles. The van der Waals surface area contributed by atoms with Crippen molar-refractivity contribution in [3.8, 4) is 5.69 Å². The van der Waals surface area contributed by atoms with Gasteiger partial charge in [0.15, 0.2) is 5.16 Å². The highest BCUT2D eigenvalue weighted by Crippen LogP contribution is 2.26. The molecular formula is C18H18N4O3S2. The van der Waals surface area contributed by atoms with Gasteiger partial charge >= 0.3 is 5.97 Å². The summed E-state index contributed by atoms with van der Waals surface area (Å²) >= 11 is 2.56. The second-order valence-electron chi connectivity index (χ2n) is 5.69. The molecule has 7 nitrogen and oxygen atoms in total. The van der Waals surface area contributed by atoms with Gasteiger partial charge in [-0.05, 0) is 37.4 Å². The van der Waals surface area contributed by atoms with Gasteiger partial charge in [0.1, 0.15) is 10.8 Å². The third-order valence-corrected chi connectivity index (χ3v) is 5.50. The summed E-state index contributed by atoms with van der Waals surface area (Å²) in [5, 5.41) is 13.9. The van der Waals surface area contributed by atoms with Crippen LogP contribution in [0.25, 0.3) is 5.69 Å². The molecular weight excluding hydrogens is 384 g/mol. The Morgan fingerprint density at radius 3 is 2.63 bits per heavy atom. The molecule has 1 N–H and O–H groups in total. The lowest BCUT2D eigenvalue weighted by Crippen LogP contribution is -2.16. The van der Waals surface area contributed by atoms with Gasteiger partial charge in [-0.25, -0.2) is 4.79 Å². The zero-order valence-corrected chi connectivity index (χ0v) is 16.7. The summed E-state index contributed by atoms with van der Waals surface area (Å²) in [6, 6.07) is 9.63. The van der Waals surface area contributed by atoms with Crippen molar-refractivity contribution in [1.82, 2.24) is 14.8 Å². The van der Waals surface area contributed by atoms with E-state index < -0.39 is 5.97 Å². The number of aromatic nitrogens is 3. The second kappa shape index (κ2) is 8.36. The summed E-state index contributed by atoms with van der Waals surface area (Å²) in [7, 11) is 1.31. The Hall–Kier alpha value is -2.65. The lowest BCUT2D eigenvalue weighted by molar-refractivity contribution is -0.113. The number of nitrogens with one attached hydrogen (secondary N) is 1. The molecule has 0 aliphatic heterocycles. The van der Waals surface area contributed by atoms with Crippen LogP contribution in [0.4, 0.5) is 5.00 Å². The molecule has 27 heavy (non-hydrogen) atoms. The number of thioether (sulfide) groups is 1. The zero-order chi connectivity index (χ0) is 19.4. The molecule has 0 aliphatic rings. The van der Waals surface area contributed by atoms with Crippen molar-refractivity contribution in [2.45, 2.75) is 19.0 Å². The Labute approximate surface area is 164 Å². The molecule has 0 saturated carbocycles. The van der Waals surface area contributed by atoms with Crippen LogP contribution < -0.4 is 5.32 Å². The zero-order valence-electron chi connectivity index (χ0n) is 15.1. The van der Waals surface area contributed by atoms with E-state index in [0.717, 1.165) is 17.1 Å². The first-order valence-corrected chi connectivity index (χ1v) is 9.93. The number of hydrogen-bond acceptors (Lipinski definition) is 7. The number of benzene rings is 1. The molecule has 0 radical (unpaired) electrons. The maximum absolute atomic E-state index is 12.3. The Morgan fingerprint density at radius 2 is 1.93 bits per heavy atom. The number of amides is 1. The summed E-state index contributed by atoms with van der Waals surface area (Å²) in [5.41, 5.74) is 2.45. The Morgan fingerprint density at radius 1 is 1.19 bits per heavy atom. The number of methoxy groups -OCH3 is 1. The third-order valence-electron chi connectivity index (χ3n) is 3.74. The van der Waals surface area contributed by atoms with Crippen molar-refractivity contribution < 1.29 is 14.3 Å². The van der Waals surface area contributed by atoms with Crippen LogP contribution in [0.1, 0.15) is 21.7 Å². The van der Waals surface area contributed by atoms with Crippen molar-refractivity contribution >= 4 is 40.0 Å². The predicted octanol–water partition coefficient (Wildman–Crippen LogP) is 3.46. The number of nitrogens with zero attached hydrogens (tertiary/aromatic N) is 3. The molecule has 1 aromatic carbocycles. The number of ether oxygens (including phenoxy) is 1. The van der Waals surface area contributed by atoms with Crippen LogP contribution >= 0.6 is 23.1 Å². The monoisotopic (exact) mass is 402 g/mol. The van der Waals surface area contributed by atoms with Crippen LogP contribution in [0.3, 0.4) is 0 Å². The second-order valence-corrected chi connectivity index (χ2v) is 7.55. The lowest BCUT2D eigenvalue weighted by atomic mass is 10.2. The smallest absolute Gasteiger partial charge is 0.340 e. The van der Waals surface area contributed by atoms with Crippen LogP contribution in [-0.4, -0.2) is 39.5 Å². The highest BCUT2D eigenvalue weighted by molar-refractivity contribution is 7.99. The van der Waals surface area contributed by atoms with Gasteiger partial charge in [-0.15, -0.1) is 21.5 Å². The minimum atomic E-state index is -0.478. The summed E-state index contributed by atoms with van der Waals surface area (Å²) in [4.78, 5) is 24.0. The van der Waals surface area contributed by atoms with Crippen LogP contribution in [0.2, 0.25) is 0 Å². The summed E-state index contributed by atoms with van der Waals surface area (Å²) in [6.07, 6.45) is 0. The number of hydrogen-bond donors (Lipinski definition) is 1. The van der Waals surface area contributed by atoms with E-state index in [4.69, 9.17) is 4.74 Å². The SMILES string of the molecule is COC(=O)c1ccsc1NC(=O)CSc1nnc(C)n1-c1ccc(C)cc1. The predicted molar refractivity (Wildman–Crippen MR) is 106 cm³/mol. The van der Waals surface area contributed by atoms with E-state index in [1.165, 1.54) is 30.2 Å². The lowest BCUT2D eigenvalue weighted by Gasteiger charge is -2.09. The Bertz CT molecular complexity index is 963. The molecule has 9 heteroatoms. The van der Waals surface area contributed by atoms with E-state index in [-0.39, 0.29) is 11.7 Å². The average molecular weight is 403 g/mol. The first-order valence-electron chi connectivity index (χ1n) is 8.07. The maximum Gasteiger partial charge on any atom is 0.340 e. The van der Waals surface area contributed by atoms with Gasteiger partial charge in [-0.3, -0.25) is 9.36 Å². The van der Waals surface area contributed by atoms with E-state index in [1.54, 1.807) is 11.4 Å². The molecule has 0 bridgehead atoms. The van der Waals surface area contributed by atoms with E-state index in [1.807, 2.05) is 42.7 Å². The van der Waals surface area contributed by atoms with Crippen LogP contribution in [0.15, 0.2) is 40.9 Å². The van der Waals surface area contributed by atoms with Crippen molar-refractivity contribution in [3.05, 3.63) is 52.7 Å². The molecule has 3 aromatic rings. The van der Waals surface area contributed by atoms with Crippen molar-refractivity contribution in [3.63, 3.8) is 0 Å². The fourth-order valence-electron chi connectivity index (χ4n) is 2.40. The first kappa shape index (κ1) is 19.1. The van der Waals surface area contributed by atoms with Gasteiger partial charge in [-0.1, -0.05) is 29.5 Å².